The summed E-state index contributed by atoms with van der Waals surface area (Å²) in [4.78, 5) is 38.6. The van der Waals surface area contributed by atoms with Crippen molar-refractivity contribution in [1.82, 2.24) is 20.2 Å². The number of nitrogens with one attached hydrogen (secondary N) is 1. The molecule has 2 saturated heterocycles. The normalized spacial score (nSPS) is 22.5. The Morgan fingerprint density at radius 3 is 2.05 bits per heavy atom. The number of hydrogen-bond donors (Lipinski definition) is 1. The lowest BCUT2D eigenvalue weighted by molar-refractivity contribution is -0.134. The molecule has 1 aromatic rings. The molecule has 0 bridgehead atoms. The number of ether oxygens (including phenoxy) is 1. The summed E-state index contributed by atoms with van der Waals surface area (Å²) in [5.41, 5.74) is -0.629. The predicted molar refractivity (Wildman–Crippen MR) is 142 cm³/mol. The van der Waals surface area contributed by atoms with Gasteiger partial charge in [-0.25, -0.2) is 14.8 Å². The fourth-order valence-electron chi connectivity index (χ4n) is 4.73. The second-order valence-corrected chi connectivity index (χ2v) is 12.5. The van der Waals surface area contributed by atoms with E-state index in [-0.39, 0.29) is 11.9 Å². The van der Waals surface area contributed by atoms with E-state index in [1.54, 1.807) is 27.7 Å². The Morgan fingerprint density at radius 1 is 1.05 bits per heavy atom. The van der Waals surface area contributed by atoms with Crippen molar-refractivity contribution in [2.45, 2.75) is 116 Å². The highest BCUT2D eigenvalue weighted by molar-refractivity contribution is 6.61. The lowest BCUT2D eigenvalue weighted by Crippen LogP contribution is -2.53. The van der Waals surface area contributed by atoms with Gasteiger partial charge >= 0.3 is 13.2 Å². The van der Waals surface area contributed by atoms with Gasteiger partial charge in [-0.2, -0.15) is 0 Å². The molecule has 0 spiro atoms. The topological polar surface area (TPSA) is 106 Å². The van der Waals surface area contributed by atoms with Crippen molar-refractivity contribution in [1.29, 1.82) is 0 Å². The van der Waals surface area contributed by atoms with Gasteiger partial charge in [0, 0.05) is 43.0 Å². The van der Waals surface area contributed by atoms with Crippen molar-refractivity contribution in [2.75, 3.05) is 18.0 Å². The third-order valence-electron chi connectivity index (χ3n) is 7.63. The average Bonchev–Trinajstić information content (AvgIpc) is 3.59. The standard InChI is InChI=1S/C26H42BN5O5/c1-17(30-23(34)35-24(2,3)4)21(33)31-13-11-20(12-14-31)32(19-9-10-19)22-28-15-18(16-29-22)27-36-25(5,6)26(7,8)37-27/h15-17,19-20H,9-14H2,1-8H3,(H,30,34). The zero-order chi connectivity index (χ0) is 27.2. The Hall–Kier alpha value is -2.40. The summed E-state index contributed by atoms with van der Waals surface area (Å²) in [6.45, 7) is 16.5. The highest BCUT2D eigenvalue weighted by Gasteiger charge is 2.52. The summed E-state index contributed by atoms with van der Waals surface area (Å²) >= 11 is 0. The van der Waals surface area contributed by atoms with Crippen LogP contribution in [0.15, 0.2) is 12.4 Å². The number of carbonyl (C=O) groups excluding carboxylic acids is 2. The number of carbonyl (C=O) groups is 2. The number of nitrogens with zero attached hydrogens (tertiary/aromatic N) is 4. The first-order valence-corrected chi connectivity index (χ1v) is 13.4. The van der Waals surface area contributed by atoms with E-state index in [0.717, 1.165) is 31.1 Å². The maximum atomic E-state index is 12.9. The molecule has 3 aliphatic rings. The maximum Gasteiger partial charge on any atom is 0.498 e. The molecule has 1 atom stereocenters. The second kappa shape index (κ2) is 10.1. The van der Waals surface area contributed by atoms with Gasteiger partial charge in [-0.1, -0.05) is 0 Å². The molecule has 3 fully saturated rings. The first-order chi connectivity index (χ1) is 17.2. The maximum absolute atomic E-state index is 12.9. The van der Waals surface area contributed by atoms with E-state index in [4.69, 9.17) is 24.0 Å². The number of alkyl carbamates (subject to hydrolysis) is 1. The molecular formula is C26H42BN5O5. The molecule has 37 heavy (non-hydrogen) atoms. The number of anilines is 1. The molecular weight excluding hydrogens is 473 g/mol. The summed E-state index contributed by atoms with van der Waals surface area (Å²) in [6.07, 6.45) is 6.93. The molecule has 3 heterocycles. The van der Waals surface area contributed by atoms with Crippen LogP contribution in [0.2, 0.25) is 0 Å². The molecule has 1 unspecified atom stereocenters. The number of hydrogen-bond acceptors (Lipinski definition) is 8. The van der Waals surface area contributed by atoms with Gasteiger partial charge in [0.2, 0.25) is 11.9 Å². The van der Waals surface area contributed by atoms with Crippen LogP contribution in [0.4, 0.5) is 10.7 Å². The van der Waals surface area contributed by atoms with Crippen LogP contribution in [0.5, 0.6) is 0 Å². The second-order valence-electron chi connectivity index (χ2n) is 12.5. The van der Waals surface area contributed by atoms with Crippen molar-refractivity contribution in [3.63, 3.8) is 0 Å². The molecule has 10 nitrogen and oxygen atoms in total. The Balaban J connectivity index is 1.34. The van der Waals surface area contributed by atoms with Crippen LogP contribution in [0.1, 0.15) is 81.1 Å². The van der Waals surface area contributed by atoms with E-state index >= 15 is 0 Å². The monoisotopic (exact) mass is 515 g/mol. The van der Waals surface area contributed by atoms with Gasteiger partial charge in [0.25, 0.3) is 0 Å². The Morgan fingerprint density at radius 2 is 1.57 bits per heavy atom. The highest BCUT2D eigenvalue weighted by atomic mass is 16.7. The Labute approximate surface area is 221 Å². The smallest absolute Gasteiger partial charge is 0.444 e. The van der Waals surface area contributed by atoms with Gasteiger partial charge in [0.05, 0.1) is 11.2 Å². The molecule has 11 heteroatoms. The molecule has 1 aromatic heterocycles. The van der Waals surface area contributed by atoms with E-state index in [0.29, 0.717) is 25.1 Å². The van der Waals surface area contributed by atoms with E-state index in [1.165, 1.54) is 0 Å². The van der Waals surface area contributed by atoms with Crippen molar-refractivity contribution in [3.05, 3.63) is 12.4 Å². The zero-order valence-electron chi connectivity index (χ0n) is 23.5. The Kier molecular flexibility index (Phi) is 7.51. The third-order valence-corrected chi connectivity index (χ3v) is 7.63. The molecule has 1 N–H and O–H groups in total. The minimum absolute atomic E-state index is 0.0923. The van der Waals surface area contributed by atoms with Gasteiger partial charge in [-0.3, -0.25) is 4.79 Å². The van der Waals surface area contributed by atoms with Crippen LogP contribution >= 0.6 is 0 Å². The van der Waals surface area contributed by atoms with Crippen LogP contribution < -0.4 is 15.7 Å². The van der Waals surface area contributed by atoms with Crippen LogP contribution in [0, 0.1) is 0 Å². The number of aromatic nitrogens is 2. The van der Waals surface area contributed by atoms with Gasteiger partial charge < -0.3 is 29.2 Å². The van der Waals surface area contributed by atoms with Crippen LogP contribution in [-0.4, -0.2) is 82.0 Å². The van der Waals surface area contributed by atoms with Crippen LogP contribution in [-0.2, 0) is 18.8 Å². The average molecular weight is 515 g/mol. The van der Waals surface area contributed by atoms with Gasteiger partial charge in [0.1, 0.15) is 11.6 Å². The first kappa shape index (κ1) is 27.6. The number of piperidine rings is 1. The van der Waals surface area contributed by atoms with E-state index in [9.17, 15) is 9.59 Å². The van der Waals surface area contributed by atoms with Crippen molar-refractivity contribution < 1.29 is 23.6 Å². The molecule has 0 radical (unpaired) electrons. The number of likely N-dealkylation sites (tertiary alicyclic amines) is 1. The van der Waals surface area contributed by atoms with E-state index < -0.39 is 36.1 Å². The summed E-state index contributed by atoms with van der Waals surface area (Å²) in [7, 11) is -0.487. The van der Waals surface area contributed by atoms with Crippen LogP contribution in [0.3, 0.4) is 0 Å². The molecule has 1 saturated carbocycles. The fourth-order valence-corrected chi connectivity index (χ4v) is 4.73. The molecule has 2 aliphatic heterocycles. The first-order valence-electron chi connectivity index (χ1n) is 13.4. The molecule has 4 rings (SSSR count). The summed E-state index contributed by atoms with van der Waals surface area (Å²) in [5, 5.41) is 2.66. The lowest BCUT2D eigenvalue weighted by Gasteiger charge is -2.39. The molecule has 0 aromatic carbocycles. The highest BCUT2D eigenvalue weighted by Crippen LogP contribution is 2.37. The van der Waals surface area contributed by atoms with Gasteiger partial charge in [0.15, 0.2) is 0 Å². The van der Waals surface area contributed by atoms with Crippen molar-refractivity contribution in [2.24, 2.45) is 0 Å². The third kappa shape index (κ3) is 6.37. The minimum atomic E-state index is -0.642. The summed E-state index contributed by atoms with van der Waals surface area (Å²) < 4.78 is 17.6. The summed E-state index contributed by atoms with van der Waals surface area (Å²) in [6, 6.07) is 0.0490. The molecule has 2 amide bonds. The summed E-state index contributed by atoms with van der Waals surface area (Å²) in [5.74, 6) is 0.623. The van der Waals surface area contributed by atoms with Crippen LogP contribution in [0.25, 0.3) is 0 Å². The minimum Gasteiger partial charge on any atom is -0.444 e. The van der Waals surface area contributed by atoms with Crippen molar-refractivity contribution >= 4 is 30.5 Å². The lowest BCUT2D eigenvalue weighted by atomic mass is 9.81. The Bertz CT molecular complexity index is 968. The predicted octanol–water partition coefficient (Wildman–Crippen LogP) is 2.65. The fraction of sp³-hybridized carbons (Fsp3) is 0.769. The SMILES string of the molecule is CC(NC(=O)OC(C)(C)C)C(=O)N1CCC(N(c2ncc(B3OC(C)(C)C(C)(C)O3)cn2)C2CC2)CC1. The van der Waals surface area contributed by atoms with Gasteiger partial charge in [-0.15, -0.1) is 0 Å². The van der Waals surface area contributed by atoms with E-state index in [2.05, 4.69) is 10.2 Å². The van der Waals surface area contributed by atoms with Gasteiger partial charge in [-0.05, 0) is 81.1 Å². The number of rotatable bonds is 6. The zero-order valence-corrected chi connectivity index (χ0v) is 23.5. The van der Waals surface area contributed by atoms with Crippen molar-refractivity contribution in [3.8, 4) is 0 Å². The molecule has 1 aliphatic carbocycles. The number of amides is 2. The molecule has 204 valence electrons. The quantitative estimate of drug-likeness (QED) is 0.577. The van der Waals surface area contributed by atoms with E-state index in [1.807, 2.05) is 45.0 Å². The largest absolute Gasteiger partial charge is 0.498 e.